The van der Waals surface area contributed by atoms with Crippen LogP contribution in [-0.2, 0) is 9.59 Å². The molecule has 3 rings (SSSR count). The average Bonchev–Trinajstić information content (AvgIpc) is 3.22. The number of thioether (sulfide) groups is 1. The van der Waals surface area contributed by atoms with Gasteiger partial charge >= 0.3 is 0 Å². The molecule has 0 aliphatic carbocycles. The van der Waals surface area contributed by atoms with E-state index in [2.05, 4.69) is 10.3 Å². The van der Waals surface area contributed by atoms with Crippen molar-refractivity contribution >= 4 is 40.9 Å². The molecule has 9 heteroatoms. The fourth-order valence-electron chi connectivity index (χ4n) is 2.88. The van der Waals surface area contributed by atoms with Gasteiger partial charge in [-0.2, -0.15) is 0 Å². The number of carbonyl (C=O) groups is 2. The van der Waals surface area contributed by atoms with Gasteiger partial charge in [-0.15, -0.1) is 0 Å². The SMILES string of the molecule is COc1cccc(NC(=O)CN(C)C(=O)CSc2nccn2-c2cccc(Cl)c2C)c1. The Hall–Kier alpha value is -2.97. The van der Waals surface area contributed by atoms with Crippen molar-refractivity contribution < 1.29 is 14.3 Å². The number of hydrogen-bond acceptors (Lipinski definition) is 5. The minimum atomic E-state index is -0.287. The summed E-state index contributed by atoms with van der Waals surface area (Å²) in [6, 6.07) is 12.7. The predicted molar refractivity (Wildman–Crippen MR) is 123 cm³/mol. The second-order valence-electron chi connectivity index (χ2n) is 6.78. The van der Waals surface area contributed by atoms with Gasteiger partial charge in [0.1, 0.15) is 5.75 Å². The van der Waals surface area contributed by atoms with Gasteiger partial charge in [0, 0.05) is 36.2 Å². The predicted octanol–water partition coefficient (Wildman–Crippen LogP) is 4.03. The minimum absolute atomic E-state index is 0.0571. The Bertz CT molecular complexity index is 1090. The van der Waals surface area contributed by atoms with E-state index in [1.807, 2.05) is 35.9 Å². The van der Waals surface area contributed by atoms with Gasteiger partial charge in [0.15, 0.2) is 5.16 Å². The number of rotatable bonds is 8. The van der Waals surface area contributed by atoms with E-state index in [9.17, 15) is 9.59 Å². The molecule has 0 bridgehead atoms. The van der Waals surface area contributed by atoms with E-state index >= 15 is 0 Å². The number of imidazole rings is 1. The Balaban J connectivity index is 1.57. The summed E-state index contributed by atoms with van der Waals surface area (Å²) in [5, 5.41) is 4.11. The smallest absolute Gasteiger partial charge is 0.243 e. The van der Waals surface area contributed by atoms with Crippen LogP contribution >= 0.6 is 23.4 Å². The lowest BCUT2D eigenvalue weighted by atomic mass is 10.2. The maximum atomic E-state index is 12.5. The van der Waals surface area contributed by atoms with Crippen molar-refractivity contribution in [3.63, 3.8) is 0 Å². The molecule has 2 aromatic carbocycles. The highest BCUT2D eigenvalue weighted by atomic mass is 35.5. The number of likely N-dealkylation sites (N-methyl/N-ethyl adjacent to an activating group) is 1. The monoisotopic (exact) mass is 458 g/mol. The van der Waals surface area contributed by atoms with E-state index in [1.54, 1.807) is 44.6 Å². The van der Waals surface area contributed by atoms with Crippen molar-refractivity contribution in [2.75, 3.05) is 31.8 Å². The lowest BCUT2D eigenvalue weighted by molar-refractivity contribution is -0.131. The number of nitrogens with zero attached hydrogens (tertiary/aromatic N) is 3. The van der Waals surface area contributed by atoms with Crippen molar-refractivity contribution in [1.29, 1.82) is 0 Å². The highest BCUT2D eigenvalue weighted by molar-refractivity contribution is 7.99. The van der Waals surface area contributed by atoms with Gasteiger partial charge in [0.25, 0.3) is 0 Å². The van der Waals surface area contributed by atoms with Crippen LogP contribution in [0, 0.1) is 6.92 Å². The second kappa shape index (κ2) is 10.4. The second-order valence-corrected chi connectivity index (χ2v) is 8.13. The van der Waals surface area contributed by atoms with Gasteiger partial charge < -0.3 is 15.0 Å². The number of halogens is 1. The first kappa shape index (κ1) is 22.7. The molecule has 0 aliphatic rings. The number of amides is 2. The van der Waals surface area contributed by atoms with E-state index in [-0.39, 0.29) is 24.1 Å². The number of hydrogen-bond donors (Lipinski definition) is 1. The molecule has 2 amide bonds. The van der Waals surface area contributed by atoms with Gasteiger partial charge in [-0.25, -0.2) is 4.98 Å². The molecule has 0 saturated carbocycles. The van der Waals surface area contributed by atoms with Crippen molar-refractivity contribution in [3.8, 4) is 11.4 Å². The summed E-state index contributed by atoms with van der Waals surface area (Å²) >= 11 is 7.53. The quantitative estimate of drug-likeness (QED) is 0.516. The summed E-state index contributed by atoms with van der Waals surface area (Å²) in [4.78, 5) is 30.6. The zero-order valence-corrected chi connectivity index (χ0v) is 19.0. The number of anilines is 1. The van der Waals surface area contributed by atoms with Crippen LogP contribution in [0.4, 0.5) is 5.69 Å². The Labute approximate surface area is 190 Å². The Morgan fingerprint density at radius 1 is 1.26 bits per heavy atom. The van der Waals surface area contributed by atoms with E-state index in [0.717, 1.165) is 11.3 Å². The summed E-state index contributed by atoms with van der Waals surface area (Å²) in [5.41, 5.74) is 2.45. The van der Waals surface area contributed by atoms with Crippen molar-refractivity contribution in [2.24, 2.45) is 0 Å². The highest BCUT2D eigenvalue weighted by Gasteiger charge is 2.16. The summed E-state index contributed by atoms with van der Waals surface area (Å²) in [5.74, 6) is 0.330. The molecule has 1 N–H and O–H groups in total. The molecule has 0 fully saturated rings. The molecule has 0 spiro atoms. The van der Waals surface area contributed by atoms with Crippen molar-refractivity contribution in [3.05, 3.63) is 65.4 Å². The van der Waals surface area contributed by atoms with Crippen LogP contribution in [0.1, 0.15) is 5.56 Å². The lowest BCUT2D eigenvalue weighted by Crippen LogP contribution is -2.36. The fraction of sp³-hybridized carbons (Fsp3) is 0.227. The number of benzene rings is 2. The number of aromatic nitrogens is 2. The first-order valence-electron chi connectivity index (χ1n) is 9.48. The topological polar surface area (TPSA) is 76.5 Å². The molecule has 1 aromatic heterocycles. The highest BCUT2D eigenvalue weighted by Crippen LogP contribution is 2.26. The number of nitrogens with one attached hydrogen (secondary N) is 1. The average molecular weight is 459 g/mol. The number of methoxy groups -OCH3 is 1. The summed E-state index contributed by atoms with van der Waals surface area (Å²) in [7, 11) is 3.16. The Kier molecular flexibility index (Phi) is 7.59. The third-order valence-corrected chi connectivity index (χ3v) is 5.95. The molecular formula is C22H23ClN4O3S. The molecule has 1 heterocycles. The van der Waals surface area contributed by atoms with E-state index < -0.39 is 0 Å². The van der Waals surface area contributed by atoms with Crippen LogP contribution in [0.15, 0.2) is 60.0 Å². The maximum Gasteiger partial charge on any atom is 0.243 e. The van der Waals surface area contributed by atoms with Crippen LogP contribution in [0.5, 0.6) is 5.75 Å². The van der Waals surface area contributed by atoms with Gasteiger partial charge in [0.2, 0.25) is 11.8 Å². The first-order valence-corrected chi connectivity index (χ1v) is 10.8. The molecule has 31 heavy (non-hydrogen) atoms. The molecule has 3 aromatic rings. The normalized spacial score (nSPS) is 10.6. The third-order valence-electron chi connectivity index (χ3n) is 4.59. The van der Waals surface area contributed by atoms with Crippen molar-refractivity contribution in [2.45, 2.75) is 12.1 Å². The number of carbonyl (C=O) groups excluding carboxylic acids is 2. The van der Waals surface area contributed by atoms with Gasteiger partial charge in [-0.3, -0.25) is 14.2 Å². The standard InChI is InChI=1S/C22H23ClN4O3S/c1-15-18(23)8-5-9-19(15)27-11-10-24-22(27)31-14-21(29)26(2)13-20(28)25-16-6-4-7-17(12-16)30-3/h4-12H,13-14H2,1-3H3,(H,25,28). The third kappa shape index (κ3) is 5.80. The summed E-state index contributed by atoms with van der Waals surface area (Å²) in [6.45, 7) is 1.88. The molecule has 0 aliphatic heterocycles. The van der Waals surface area contributed by atoms with Gasteiger partial charge in [-0.05, 0) is 36.8 Å². The van der Waals surface area contributed by atoms with Crippen LogP contribution in [0.2, 0.25) is 5.02 Å². The first-order chi connectivity index (χ1) is 14.9. The molecule has 0 radical (unpaired) electrons. The largest absolute Gasteiger partial charge is 0.497 e. The molecule has 7 nitrogen and oxygen atoms in total. The van der Waals surface area contributed by atoms with Crippen LogP contribution in [0.3, 0.4) is 0 Å². The Morgan fingerprint density at radius 2 is 2.03 bits per heavy atom. The minimum Gasteiger partial charge on any atom is -0.497 e. The van der Waals surface area contributed by atoms with Gasteiger partial charge in [-0.1, -0.05) is 35.5 Å². The van der Waals surface area contributed by atoms with Crippen molar-refractivity contribution in [1.82, 2.24) is 14.5 Å². The number of ether oxygens (including phenoxy) is 1. The van der Waals surface area contributed by atoms with Gasteiger partial charge in [0.05, 0.1) is 25.1 Å². The van der Waals surface area contributed by atoms with Crippen LogP contribution in [-0.4, -0.2) is 52.7 Å². The zero-order chi connectivity index (χ0) is 22.4. The zero-order valence-electron chi connectivity index (χ0n) is 17.5. The lowest BCUT2D eigenvalue weighted by Gasteiger charge is -2.17. The molecular weight excluding hydrogens is 436 g/mol. The molecule has 0 unspecified atom stereocenters. The van der Waals surface area contributed by atoms with E-state index in [0.29, 0.717) is 21.6 Å². The fourth-order valence-corrected chi connectivity index (χ4v) is 3.95. The van der Waals surface area contributed by atoms with E-state index in [4.69, 9.17) is 16.3 Å². The summed E-state index contributed by atoms with van der Waals surface area (Å²) < 4.78 is 7.04. The maximum absolute atomic E-state index is 12.5. The molecule has 0 saturated heterocycles. The Morgan fingerprint density at radius 3 is 2.81 bits per heavy atom. The molecule has 162 valence electrons. The van der Waals surface area contributed by atoms with Crippen LogP contribution in [0.25, 0.3) is 5.69 Å². The molecule has 0 atom stereocenters. The van der Waals surface area contributed by atoms with E-state index in [1.165, 1.54) is 16.7 Å². The summed E-state index contributed by atoms with van der Waals surface area (Å²) in [6.07, 6.45) is 3.51. The van der Waals surface area contributed by atoms with Crippen LogP contribution < -0.4 is 10.1 Å².